The van der Waals surface area contributed by atoms with E-state index in [9.17, 15) is 14.7 Å². The van der Waals surface area contributed by atoms with Crippen molar-refractivity contribution < 1.29 is 14.7 Å². The van der Waals surface area contributed by atoms with E-state index in [0.29, 0.717) is 17.0 Å². The third kappa shape index (κ3) is 3.08. The third-order valence-electron chi connectivity index (χ3n) is 4.87. The monoisotopic (exact) mass is 381 g/mol. The maximum atomic E-state index is 13.1. The highest BCUT2D eigenvalue weighted by Crippen LogP contribution is 2.36. The van der Waals surface area contributed by atoms with Crippen LogP contribution in [0.5, 0.6) is 0 Å². The van der Waals surface area contributed by atoms with Crippen molar-refractivity contribution >= 4 is 40.4 Å². The smallest absolute Gasteiger partial charge is 0.312 e. The maximum absolute atomic E-state index is 13.1. The van der Waals surface area contributed by atoms with Crippen LogP contribution in [-0.2, 0) is 21.9 Å². The van der Waals surface area contributed by atoms with Crippen LogP contribution >= 0.6 is 11.8 Å². The summed E-state index contributed by atoms with van der Waals surface area (Å²) in [7, 11) is 0. The summed E-state index contributed by atoms with van der Waals surface area (Å²) in [6.45, 7) is 0.301. The average molecular weight is 381 g/mol. The van der Waals surface area contributed by atoms with Gasteiger partial charge in [-0.2, -0.15) is 11.8 Å². The van der Waals surface area contributed by atoms with E-state index in [0.717, 1.165) is 16.9 Å². The first kappa shape index (κ1) is 17.6. The summed E-state index contributed by atoms with van der Waals surface area (Å²) < 4.78 is 1.94. The van der Waals surface area contributed by atoms with Gasteiger partial charge in [0.2, 0.25) is 5.91 Å². The van der Waals surface area contributed by atoms with E-state index >= 15 is 0 Å². The maximum Gasteiger partial charge on any atom is 0.312 e. The standard InChI is InChI=1S/C20H19N3O3S/c1-27-12-18-21-15-7-3-5-9-17(15)22(18)11-19(24)23-10-14(20(25)26)13-6-2-4-8-16(13)23/h2-9,14H,10-12H2,1H3,(H,25,26). The number of hydrogen-bond donors (Lipinski definition) is 1. The van der Waals surface area contributed by atoms with Crippen molar-refractivity contribution in [1.82, 2.24) is 9.55 Å². The Morgan fingerprint density at radius 1 is 1.19 bits per heavy atom. The highest BCUT2D eigenvalue weighted by Gasteiger charge is 2.36. The molecule has 6 nitrogen and oxygen atoms in total. The van der Waals surface area contributed by atoms with Crippen LogP contribution in [0.15, 0.2) is 48.5 Å². The van der Waals surface area contributed by atoms with Crippen molar-refractivity contribution in [1.29, 1.82) is 0 Å². The van der Waals surface area contributed by atoms with Gasteiger partial charge < -0.3 is 14.6 Å². The second-order valence-corrected chi connectivity index (χ2v) is 7.36. The molecule has 1 N–H and O–H groups in total. The number of rotatable bonds is 5. The van der Waals surface area contributed by atoms with Crippen molar-refractivity contribution in [2.24, 2.45) is 0 Å². The first-order valence-corrected chi connectivity index (χ1v) is 10.0. The number of carboxylic acid groups (broad SMARTS) is 1. The molecule has 1 unspecified atom stereocenters. The van der Waals surface area contributed by atoms with E-state index in [2.05, 4.69) is 4.98 Å². The molecule has 0 saturated carbocycles. The Kier molecular flexibility index (Phi) is 4.61. The minimum Gasteiger partial charge on any atom is -0.481 e. The van der Waals surface area contributed by atoms with Gasteiger partial charge in [-0.1, -0.05) is 30.3 Å². The lowest BCUT2D eigenvalue weighted by Crippen LogP contribution is -2.34. The number of carboxylic acids is 1. The Bertz CT molecular complexity index is 1030. The number of imidazole rings is 1. The van der Waals surface area contributed by atoms with Gasteiger partial charge >= 0.3 is 5.97 Å². The molecule has 3 aromatic rings. The summed E-state index contributed by atoms with van der Waals surface area (Å²) in [4.78, 5) is 31.0. The number of carbonyl (C=O) groups is 2. The van der Waals surface area contributed by atoms with E-state index in [4.69, 9.17) is 0 Å². The van der Waals surface area contributed by atoms with Crippen LogP contribution in [0, 0.1) is 0 Å². The predicted molar refractivity (Wildman–Crippen MR) is 106 cm³/mol. The first-order chi connectivity index (χ1) is 13.1. The van der Waals surface area contributed by atoms with Gasteiger partial charge in [0.05, 0.1) is 16.8 Å². The zero-order chi connectivity index (χ0) is 19.0. The molecular weight excluding hydrogens is 362 g/mol. The number of hydrogen-bond acceptors (Lipinski definition) is 4. The molecule has 0 aliphatic carbocycles. The number of aliphatic carboxylic acids is 1. The number of nitrogens with zero attached hydrogens (tertiary/aromatic N) is 3. The molecule has 2 heterocycles. The molecule has 1 amide bonds. The number of amides is 1. The van der Waals surface area contributed by atoms with Crippen molar-refractivity contribution in [2.75, 3.05) is 17.7 Å². The summed E-state index contributed by atoms with van der Waals surface area (Å²) in [5, 5.41) is 9.52. The lowest BCUT2D eigenvalue weighted by Gasteiger charge is -2.19. The molecule has 138 valence electrons. The molecule has 0 bridgehead atoms. The van der Waals surface area contributed by atoms with Gasteiger partial charge in [0.15, 0.2) is 0 Å². The molecule has 1 aromatic heterocycles. The predicted octanol–water partition coefficient (Wildman–Crippen LogP) is 3.11. The van der Waals surface area contributed by atoms with Crippen LogP contribution in [0.25, 0.3) is 11.0 Å². The van der Waals surface area contributed by atoms with Gasteiger partial charge in [-0.05, 0) is 30.0 Å². The van der Waals surface area contributed by atoms with Gasteiger partial charge in [-0.3, -0.25) is 9.59 Å². The van der Waals surface area contributed by atoms with Gasteiger partial charge in [-0.15, -0.1) is 0 Å². The Balaban J connectivity index is 1.68. The van der Waals surface area contributed by atoms with Crippen molar-refractivity contribution in [2.45, 2.75) is 18.2 Å². The fraction of sp³-hybridized carbons (Fsp3) is 0.250. The van der Waals surface area contributed by atoms with Crippen LogP contribution in [-0.4, -0.2) is 39.3 Å². The second-order valence-electron chi connectivity index (χ2n) is 6.49. The Morgan fingerprint density at radius 2 is 1.93 bits per heavy atom. The van der Waals surface area contributed by atoms with E-state index in [1.807, 2.05) is 53.3 Å². The van der Waals surface area contributed by atoms with Crippen LogP contribution in [0.2, 0.25) is 0 Å². The van der Waals surface area contributed by atoms with Crippen molar-refractivity contribution in [3.63, 3.8) is 0 Å². The number of thioether (sulfide) groups is 1. The summed E-state index contributed by atoms with van der Waals surface area (Å²) in [5.41, 5.74) is 3.15. The molecule has 1 aliphatic heterocycles. The van der Waals surface area contributed by atoms with Gasteiger partial charge in [0, 0.05) is 12.2 Å². The largest absolute Gasteiger partial charge is 0.481 e. The van der Waals surface area contributed by atoms with Crippen LogP contribution in [0.3, 0.4) is 0 Å². The summed E-state index contributed by atoms with van der Waals surface area (Å²) in [6, 6.07) is 15.0. The topological polar surface area (TPSA) is 75.4 Å². The van der Waals surface area contributed by atoms with Gasteiger partial charge in [-0.25, -0.2) is 4.98 Å². The number of para-hydroxylation sites is 3. The Morgan fingerprint density at radius 3 is 2.70 bits per heavy atom. The number of aromatic nitrogens is 2. The number of anilines is 1. The molecule has 2 aromatic carbocycles. The lowest BCUT2D eigenvalue weighted by molar-refractivity contribution is -0.138. The van der Waals surface area contributed by atoms with E-state index in [-0.39, 0.29) is 19.0 Å². The van der Waals surface area contributed by atoms with Crippen molar-refractivity contribution in [3.05, 3.63) is 59.9 Å². The highest BCUT2D eigenvalue weighted by molar-refractivity contribution is 7.97. The first-order valence-electron chi connectivity index (χ1n) is 8.65. The number of benzene rings is 2. The van der Waals surface area contributed by atoms with Crippen molar-refractivity contribution in [3.8, 4) is 0 Å². The highest BCUT2D eigenvalue weighted by atomic mass is 32.2. The molecule has 0 spiro atoms. The molecule has 7 heteroatoms. The molecule has 0 saturated heterocycles. The zero-order valence-corrected chi connectivity index (χ0v) is 15.6. The molecule has 0 radical (unpaired) electrons. The SMILES string of the molecule is CSCc1nc2ccccc2n1CC(=O)N1CC(C(=O)O)c2ccccc21. The quantitative estimate of drug-likeness (QED) is 0.735. The normalized spacial score (nSPS) is 15.9. The minimum absolute atomic E-state index is 0.128. The molecule has 27 heavy (non-hydrogen) atoms. The zero-order valence-electron chi connectivity index (χ0n) is 14.8. The number of fused-ring (bicyclic) bond motifs is 2. The van der Waals surface area contributed by atoms with E-state index < -0.39 is 11.9 Å². The summed E-state index contributed by atoms with van der Waals surface area (Å²) in [5.74, 6) is -0.170. The lowest BCUT2D eigenvalue weighted by atomic mass is 10.0. The molecule has 0 fully saturated rings. The molecular formula is C20H19N3O3S. The van der Waals surface area contributed by atoms with Crippen LogP contribution in [0.4, 0.5) is 5.69 Å². The molecule has 4 rings (SSSR count). The van der Waals surface area contributed by atoms with Crippen LogP contribution in [0.1, 0.15) is 17.3 Å². The van der Waals surface area contributed by atoms with E-state index in [1.54, 1.807) is 22.7 Å². The average Bonchev–Trinajstić information content (AvgIpc) is 3.21. The van der Waals surface area contributed by atoms with Gasteiger partial charge in [0.1, 0.15) is 18.3 Å². The summed E-state index contributed by atoms with van der Waals surface area (Å²) >= 11 is 1.65. The van der Waals surface area contributed by atoms with Gasteiger partial charge in [0.25, 0.3) is 0 Å². The minimum atomic E-state index is -0.908. The van der Waals surface area contributed by atoms with E-state index in [1.165, 1.54) is 0 Å². The van der Waals surface area contributed by atoms with Crippen LogP contribution < -0.4 is 4.90 Å². The summed E-state index contributed by atoms with van der Waals surface area (Å²) in [6.07, 6.45) is 2.00. The Hall–Kier alpha value is -2.80. The second kappa shape index (κ2) is 7.08. The molecule has 1 atom stereocenters. The fourth-order valence-corrected chi connectivity index (χ4v) is 4.09. The molecule has 1 aliphatic rings. The third-order valence-corrected chi connectivity index (χ3v) is 5.41. The number of carbonyl (C=O) groups excluding carboxylic acids is 1. The Labute approximate surface area is 160 Å². The fourth-order valence-electron chi connectivity index (χ4n) is 3.62.